The van der Waals surface area contributed by atoms with Crippen LogP contribution in [0.2, 0.25) is 0 Å². The average molecular weight is 323 g/mol. The number of carbonyl (C=O) groups excluding carboxylic acids is 2. The molecule has 7 heteroatoms. The van der Waals surface area contributed by atoms with Gasteiger partial charge in [-0.05, 0) is 33.1 Å². The predicted molar refractivity (Wildman–Crippen MR) is 76.9 cm³/mol. The Morgan fingerprint density at radius 3 is 2.35 bits per heavy atom. The fourth-order valence-electron chi connectivity index (χ4n) is 2.41. The molecule has 1 aliphatic heterocycles. The maximum atomic E-state index is 12.1. The van der Waals surface area contributed by atoms with E-state index in [9.17, 15) is 9.59 Å². The summed E-state index contributed by atoms with van der Waals surface area (Å²) in [6.45, 7) is 5.12. The number of nitrogens with zero attached hydrogens (tertiary/aromatic N) is 1. The number of nitrogens with one attached hydrogen (secondary N) is 1. The lowest BCUT2D eigenvalue weighted by Gasteiger charge is -2.32. The molecule has 0 aromatic heterocycles. The molecular formula is C13H20Cl2N2O3. The number of likely N-dealkylation sites (tertiary alicyclic amines) is 1. The van der Waals surface area contributed by atoms with E-state index in [1.54, 1.807) is 18.7 Å². The molecule has 1 saturated heterocycles. The molecule has 5 nitrogen and oxygen atoms in total. The second-order valence-electron chi connectivity index (χ2n) is 5.65. The lowest BCUT2D eigenvalue weighted by atomic mass is 10.0. The molecule has 0 radical (unpaired) electrons. The zero-order valence-corrected chi connectivity index (χ0v) is 13.3. The highest BCUT2D eigenvalue weighted by molar-refractivity contribution is 6.53. The van der Waals surface area contributed by atoms with Gasteiger partial charge in [0.05, 0.1) is 12.0 Å². The number of alkyl halides is 2. The molecule has 1 saturated carbocycles. The van der Waals surface area contributed by atoms with Crippen LogP contribution < -0.4 is 5.32 Å². The fraction of sp³-hybridized carbons (Fsp3) is 0.846. The maximum Gasteiger partial charge on any atom is 0.409 e. The van der Waals surface area contributed by atoms with Crippen LogP contribution in [0.15, 0.2) is 0 Å². The summed E-state index contributed by atoms with van der Waals surface area (Å²) in [7, 11) is 0. The van der Waals surface area contributed by atoms with Gasteiger partial charge in [0.25, 0.3) is 0 Å². The standard InChI is InChI=1S/C13H20Cl2N2O3/c1-3-20-11(19)17-6-4-9(5-7-17)16-10(18)12(2)8-13(12,14)15/h9H,3-8H2,1-2H3,(H,16,18)/t12-/m1/s1. The third-order valence-electron chi connectivity index (χ3n) is 4.12. The van der Waals surface area contributed by atoms with Crippen molar-refractivity contribution < 1.29 is 14.3 Å². The molecule has 2 aliphatic rings. The molecule has 0 bridgehead atoms. The van der Waals surface area contributed by atoms with Crippen LogP contribution in [0.1, 0.15) is 33.1 Å². The SMILES string of the molecule is CCOC(=O)N1CCC(NC(=O)[C@@]2(C)CC2(Cl)Cl)CC1. The molecule has 2 fully saturated rings. The number of halogens is 2. The molecule has 1 atom stereocenters. The molecule has 0 aromatic rings. The highest BCUT2D eigenvalue weighted by Gasteiger charge is 2.68. The van der Waals surface area contributed by atoms with Crippen molar-refractivity contribution in [3.63, 3.8) is 0 Å². The van der Waals surface area contributed by atoms with Gasteiger partial charge in [-0.15, -0.1) is 23.2 Å². The number of hydrogen-bond donors (Lipinski definition) is 1. The van der Waals surface area contributed by atoms with Crippen molar-refractivity contribution in [2.45, 2.75) is 43.5 Å². The molecule has 0 unspecified atom stereocenters. The van der Waals surface area contributed by atoms with Crippen LogP contribution in [0, 0.1) is 5.41 Å². The second kappa shape index (κ2) is 5.60. The summed E-state index contributed by atoms with van der Waals surface area (Å²) in [5.74, 6) is -0.0999. The van der Waals surface area contributed by atoms with Crippen molar-refractivity contribution in [1.29, 1.82) is 0 Å². The van der Waals surface area contributed by atoms with Crippen molar-refractivity contribution in [1.82, 2.24) is 10.2 Å². The Balaban J connectivity index is 1.78. The molecule has 1 heterocycles. The number of piperidine rings is 1. The van der Waals surface area contributed by atoms with Gasteiger partial charge in [0.1, 0.15) is 4.33 Å². The first-order valence-electron chi connectivity index (χ1n) is 6.90. The molecule has 20 heavy (non-hydrogen) atoms. The summed E-state index contributed by atoms with van der Waals surface area (Å²) in [4.78, 5) is 25.4. The molecular weight excluding hydrogens is 303 g/mol. The zero-order valence-electron chi connectivity index (χ0n) is 11.7. The second-order valence-corrected chi connectivity index (χ2v) is 7.13. The minimum Gasteiger partial charge on any atom is -0.450 e. The average Bonchev–Trinajstić information content (AvgIpc) is 2.91. The lowest BCUT2D eigenvalue weighted by Crippen LogP contribution is -2.48. The molecule has 2 rings (SSSR count). The van der Waals surface area contributed by atoms with E-state index in [0.29, 0.717) is 26.1 Å². The van der Waals surface area contributed by atoms with E-state index in [4.69, 9.17) is 27.9 Å². The summed E-state index contributed by atoms with van der Waals surface area (Å²) >= 11 is 12.0. The maximum absolute atomic E-state index is 12.1. The van der Waals surface area contributed by atoms with E-state index in [2.05, 4.69) is 5.32 Å². The quantitative estimate of drug-likeness (QED) is 0.811. The Kier molecular flexibility index (Phi) is 4.40. The molecule has 0 spiro atoms. The van der Waals surface area contributed by atoms with Gasteiger partial charge in [0, 0.05) is 19.1 Å². The Hall–Kier alpha value is -0.680. The van der Waals surface area contributed by atoms with Crippen LogP contribution in [-0.2, 0) is 9.53 Å². The van der Waals surface area contributed by atoms with Crippen LogP contribution in [0.5, 0.6) is 0 Å². The first-order chi connectivity index (χ1) is 9.30. The van der Waals surface area contributed by atoms with Crippen LogP contribution in [0.3, 0.4) is 0 Å². The molecule has 1 N–H and O–H groups in total. The monoisotopic (exact) mass is 322 g/mol. The number of carbonyl (C=O) groups is 2. The van der Waals surface area contributed by atoms with Gasteiger partial charge >= 0.3 is 6.09 Å². The first kappa shape index (κ1) is 15.7. The summed E-state index contributed by atoms with van der Waals surface area (Å²) in [5, 5.41) is 2.98. The Labute approximate surface area is 128 Å². The number of hydrogen-bond acceptors (Lipinski definition) is 3. The summed E-state index contributed by atoms with van der Waals surface area (Å²) < 4.78 is 4.01. The van der Waals surface area contributed by atoms with Crippen molar-refractivity contribution >= 4 is 35.2 Å². The molecule has 2 amide bonds. The number of rotatable bonds is 3. The highest BCUT2D eigenvalue weighted by Crippen LogP contribution is 2.63. The van der Waals surface area contributed by atoms with Crippen LogP contribution >= 0.6 is 23.2 Å². The van der Waals surface area contributed by atoms with E-state index in [1.807, 2.05) is 0 Å². The summed E-state index contributed by atoms with van der Waals surface area (Å²) in [5.41, 5.74) is -0.686. The normalized spacial score (nSPS) is 28.9. The topological polar surface area (TPSA) is 58.6 Å². The van der Waals surface area contributed by atoms with E-state index in [0.717, 1.165) is 12.8 Å². The highest BCUT2D eigenvalue weighted by atomic mass is 35.5. The van der Waals surface area contributed by atoms with Crippen LogP contribution in [0.4, 0.5) is 4.79 Å². The summed E-state index contributed by atoms with van der Waals surface area (Å²) in [6.07, 6.45) is 1.64. The van der Waals surface area contributed by atoms with E-state index in [-0.39, 0.29) is 18.0 Å². The van der Waals surface area contributed by atoms with Gasteiger partial charge in [-0.2, -0.15) is 0 Å². The number of ether oxygens (including phenoxy) is 1. The lowest BCUT2D eigenvalue weighted by molar-refractivity contribution is -0.126. The van der Waals surface area contributed by atoms with Gasteiger partial charge in [-0.1, -0.05) is 0 Å². The molecule has 1 aliphatic carbocycles. The third-order valence-corrected chi connectivity index (χ3v) is 5.22. The Bertz CT molecular complexity index is 408. The molecule has 114 valence electrons. The largest absolute Gasteiger partial charge is 0.450 e. The van der Waals surface area contributed by atoms with Crippen LogP contribution in [0.25, 0.3) is 0 Å². The van der Waals surface area contributed by atoms with Crippen molar-refractivity contribution in [3.05, 3.63) is 0 Å². The Morgan fingerprint density at radius 1 is 1.35 bits per heavy atom. The van der Waals surface area contributed by atoms with Gasteiger partial charge in [0.2, 0.25) is 5.91 Å². The van der Waals surface area contributed by atoms with Crippen molar-refractivity contribution in [3.8, 4) is 0 Å². The van der Waals surface area contributed by atoms with Crippen molar-refractivity contribution in [2.24, 2.45) is 5.41 Å². The minimum atomic E-state index is -0.942. The fourth-order valence-corrected chi connectivity index (χ4v) is 3.12. The smallest absolute Gasteiger partial charge is 0.409 e. The number of amides is 2. The zero-order chi connectivity index (χ0) is 15.0. The first-order valence-corrected chi connectivity index (χ1v) is 7.66. The summed E-state index contributed by atoms with van der Waals surface area (Å²) in [6, 6.07) is 0.0646. The van der Waals surface area contributed by atoms with Gasteiger partial charge < -0.3 is 15.0 Å². The third kappa shape index (κ3) is 2.98. The predicted octanol–water partition coefficient (Wildman–Crippen LogP) is 2.31. The van der Waals surface area contributed by atoms with E-state index >= 15 is 0 Å². The molecule has 0 aromatic carbocycles. The van der Waals surface area contributed by atoms with Crippen molar-refractivity contribution in [2.75, 3.05) is 19.7 Å². The van der Waals surface area contributed by atoms with Gasteiger partial charge in [-0.3, -0.25) is 4.79 Å². The van der Waals surface area contributed by atoms with E-state index < -0.39 is 9.75 Å². The van der Waals surface area contributed by atoms with Gasteiger partial charge in [-0.25, -0.2) is 4.79 Å². The Morgan fingerprint density at radius 2 is 1.90 bits per heavy atom. The van der Waals surface area contributed by atoms with Crippen LogP contribution in [-0.4, -0.2) is 47.0 Å². The van der Waals surface area contributed by atoms with E-state index in [1.165, 1.54) is 0 Å². The minimum absolute atomic E-state index is 0.0646. The van der Waals surface area contributed by atoms with Gasteiger partial charge in [0.15, 0.2) is 0 Å².